The molecule has 2 rings (SSSR count). The van der Waals surface area contributed by atoms with Crippen LogP contribution in [0.15, 0.2) is 18.2 Å². The van der Waals surface area contributed by atoms with Crippen LogP contribution >= 0.6 is 0 Å². The molecule has 0 aliphatic carbocycles. The molecule has 1 saturated heterocycles. The fourth-order valence-corrected chi connectivity index (χ4v) is 1.95. The number of likely N-dealkylation sites (tertiary alicyclic amines) is 1. The second-order valence-electron chi connectivity index (χ2n) is 4.23. The molecule has 2 N–H and O–H groups in total. The quantitative estimate of drug-likeness (QED) is 0.821. The third kappa shape index (κ3) is 2.39. The largest absolute Gasteiger partial charge is 0.505 e. The van der Waals surface area contributed by atoms with E-state index in [0.29, 0.717) is 5.56 Å². The third-order valence-corrected chi connectivity index (χ3v) is 3.04. The van der Waals surface area contributed by atoms with Gasteiger partial charge in [0.05, 0.1) is 6.04 Å². The molecular weight excluding hydrogens is 223 g/mol. The number of hydrogen-bond donors (Lipinski definition) is 2. The topological polar surface area (TPSA) is 52.6 Å². The number of benzene rings is 1. The van der Waals surface area contributed by atoms with E-state index in [9.17, 15) is 14.3 Å². The molecule has 5 heteroatoms. The van der Waals surface area contributed by atoms with Crippen LogP contribution in [0, 0.1) is 5.82 Å². The summed E-state index contributed by atoms with van der Waals surface area (Å²) in [5.74, 6) is -0.946. The molecule has 0 saturated carbocycles. The maximum absolute atomic E-state index is 13.1. The van der Waals surface area contributed by atoms with Crippen molar-refractivity contribution in [2.45, 2.75) is 19.0 Å². The molecule has 1 aliphatic rings. The molecule has 1 amide bonds. The molecule has 1 aliphatic heterocycles. The molecule has 0 spiro atoms. The zero-order valence-corrected chi connectivity index (χ0v) is 9.61. The zero-order valence-electron chi connectivity index (χ0n) is 9.61. The van der Waals surface area contributed by atoms with Crippen LogP contribution in [-0.2, 0) is 11.3 Å². The second-order valence-corrected chi connectivity index (χ2v) is 4.23. The first kappa shape index (κ1) is 11.9. The molecule has 1 atom stereocenters. The lowest BCUT2D eigenvalue weighted by Crippen LogP contribution is -2.36. The molecule has 4 nitrogen and oxygen atoms in total. The Morgan fingerprint density at radius 1 is 1.59 bits per heavy atom. The normalized spacial score (nSPS) is 20.0. The molecule has 1 fully saturated rings. The van der Waals surface area contributed by atoms with Crippen molar-refractivity contribution >= 4 is 5.91 Å². The summed E-state index contributed by atoms with van der Waals surface area (Å²) in [5.41, 5.74) is 0.465. The van der Waals surface area contributed by atoms with Crippen LogP contribution < -0.4 is 5.32 Å². The van der Waals surface area contributed by atoms with Crippen LogP contribution in [-0.4, -0.2) is 35.5 Å². The summed E-state index contributed by atoms with van der Waals surface area (Å²) in [6, 6.07) is 4.14. The Labute approximate surface area is 99.0 Å². The SMILES string of the molecule is CN1CCC(NCc2cccc(F)c2O)C1=O. The number of aromatic hydroxyl groups is 1. The summed E-state index contributed by atoms with van der Waals surface area (Å²) in [6.45, 7) is 1.01. The molecule has 1 aromatic carbocycles. The van der Waals surface area contributed by atoms with E-state index in [4.69, 9.17) is 0 Å². The Bertz CT molecular complexity index is 437. The predicted octanol–water partition coefficient (Wildman–Crippen LogP) is 0.852. The molecule has 0 aromatic heterocycles. The summed E-state index contributed by atoms with van der Waals surface area (Å²) >= 11 is 0. The van der Waals surface area contributed by atoms with Gasteiger partial charge < -0.3 is 15.3 Å². The Morgan fingerprint density at radius 2 is 2.35 bits per heavy atom. The van der Waals surface area contributed by atoms with Crippen LogP contribution in [0.5, 0.6) is 5.75 Å². The van der Waals surface area contributed by atoms with Crippen LogP contribution in [0.25, 0.3) is 0 Å². The number of amides is 1. The number of hydrogen-bond acceptors (Lipinski definition) is 3. The van der Waals surface area contributed by atoms with Gasteiger partial charge in [-0.3, -0.25) is 4.79 Å². The lowest BCUT2D eigenvalue weighted by Gasteiger charge is -2.13. The highest BCUT2D eigenvalue weighted by atomic mass is 19.1. The standard InChI is InChI=1S/C12H15FN2O2/c1-15-6-5-10(12(15)17)14-7-8-3-2-4-9(13)11(8)16/h2-4,10,14,16H,5-7H2,1H3. The molecule has 1 heterocycles. The van der Waals surface area contributed by atoms with Gasteiger partial charge in [-0.25, -0.2) is 4.39 Å². The monoisotopic (exact) mass is 238 g/mol. The maximum Gasteiger partial charge on any atom is 0.239 e. The first-order chi connectivity index (χ1) is 8.09. The number of nitrogens with zero attached hydrogens (tertiary/aromatic N) is 1. The number of carbonyl (C=O) groups is 1. The number of carbonyl (C=O) groups excluding carboxylic acids is 1. The highest BCUT2D eigenvalue weighted by Crippen LogP contribution is 2.21. The van der Waals surface area contributed by atoms with Crippen LogP contribution in [0.2, 0.25) is 0 Å². The van der Waals surface area contributed by atoms with Crippen LogP contribution in [0.4, 0.5) is 4.39 Å². The lowest BCUT2D eigenvalue weighted by molar-refractivity contribution is -0.128. The van der Waals surface area contributed by atoms with E-state index in [0.717, 1.165) is 13.0 Å². The van der Waals surface area contributed by atoms with Gasteiger partial charge in [-0.1, -0.05) is 12.1 Å². The van der Waals surface area contributed by atoms with Crippen molar-refractivity contribution < 1.29 is 14.3 Å². The van der Waals surface area contributed by atoms with Crippen molar-refractivity contribution in [2.75, 3.05) is 13.6 Å². The van der Waals surface area contributed by atoms with Crippen molar-refractivity contribution in [1.82, 2.24) is 10.2 Å². The zero-order chi connectivity index (χ0) is 12.4. The smallest absolute Gasteiger partial charge is 0.239 e. The molecule has 92 valence electrons. The number of phenolic OH excluding ortho intramolecular Hbond substituents is 1. The van der Waals surface area contributed by atoms with Crippen molar-refractivity contribution in [3.63, 3.8) is 0 Å². The summed E-state index contributed by atoms with van der Waals surface area (Å²) in [6.07, 6.45) is 0.741. The average Bonchev–Trinajstić information content (AvgIpc) is 2.62. The van der Waals surface area contributed by atoms with Gasteiger partial charge in [0.25, 0.3) is 0 Å². The van der Waals surface area contributed by atoms with E-state index in [1.807, 2.05) is 0 Å². The number of halogens is 1. The number of phenols is 1. The van der Waals surface area contributed by atoms with E-state index in [1.54, 1.807) is 18.0 Å². The summed E-state index contributed by atoms with van der Waals surface area (Å²) in [5, 5.41) is 12.5. The maximum atomic E-state index is 13.1. The van der Waals surface area contributed by atoms with E-state index in [2.05, 4.69) is 5.32 Å². The minimum atomic E-state index is -0.640. The highest BCUT2D eigenvalue weighted by Gasteiger charge is 2.28. The fourth-order valence-electron chi connectivity index (χ4n) is 1.95. The van der Waals surface area contributed by atoms with Gasteiger partial charge in [-0.2, -0.15) is 0 Å². The third-order valence-electron chi connectivity index (χ3n) is 3.04. The van der Waals surface area contributed by atoms with Crippen LogP contribution in [0.1, 0.15) is 12.0 Å². The van der Waals surface area contributed by atoms with E-state index in [1.165, 1.54) is 12.1 Å². The second kappa shape index (κ2) is 4.71. The molecule has 1 unspecified atom stereocenters. The predicted molar refractivity (Wildman–Crippen MR) is 60.9 cm³/mol. The summed E-state index contributed by atoms with van der Waals surface area (Å²) in [4.78, 5) is 13.3. The Morgan fingerprint density at radius 3 is 3.00 bits per heavy atom. The number of nitrogens with one attached hydrogen (secondary N) is 1. The van der Waals surface area contributed by atoms with Gasteiger partial charge in [0.2, 0.25) is 5.91 Å². The molecule has 17 heavy (non-hydrogen) atoms. The molecule has 0 radical (unpaired) electrons. The Kier molecular flexibility index (Phi) is 3.28. The molecular formula is C12H15FN2O2. The van der Waals surface area contributed by atoms with E-state index >= 15 is 0 Å². The number of para-hydroxylation sites is 1. The minimum Gasteiger partial charge on any atom is -0.505 e. The Hall–Kier alpha value is -1.62. The van der Waals surface area contributed by atoms with Crippen molar-refractivity contribution in [3.05, 3.63) is 29.6 Å². The van der Waals surface area contributed by atoms with Crippen molar-refractivity contribution in [3.8, 4) is 5.75 Å². The van der Waals surface area contributed by atoms with Gasteiger partial charge in [0.1, 0.15) is 0 Å². The molecule has 1 aromatic rings. The summed E-state index contributed by atoms with van der Waals surface area (Å²) < 4.78 is 13.1. The van der Waals surface area contributed by atoms with Gasteiger partial charge in [-0.15, -0.1) is 0 Å². The van der Waals surface area contributed by atoms with Crippen LogP contribution in [0.3, 0.4) is 0 Å². The van der Waals surface area contributed by atoms with E-state index < -0.39 is 5.82 Å². The van der Waals surface area contributed by atoms with Crippen molar-refractivity contribution in [1.29, 1.82) is 0 Å². The van der Waals surface area contributed by atoms with Gasteiger partial charge in [-0.05, 0) is 12.5 Å². The highest BCUT2D eigenvalue weighted by molar-refractivity contribution is 5.83. The number of likely N-dealkylation sites (N-methyl/N-ethyl adjacent to an activating group) is 1. The molecule has 0 bridgehead atoms. The fraction of sp³-hybridized carbons (Fsp3) is 0.417. The first-order valence-corrected chi connectivity index (χ1v) is 5.54. The minimum absolute atomic E-state index is 0.0425. The van der Waals surface area contributed by atoms with Gasteiger partial charge in [0, 0.05) is 25.7 Å². The summed E-state index contributed by atoms with van der Waals surface area (Å²) in [7, 11) is 1.75. The van der Waals surface area contributed by atoms with Gasteiger partial charge in [0.15, 0.2) is 11.6 Å². The van der Waals surface area contributed by atoms with E-state index in [-0.39, 0.29) is 24.2 Å². The van der Waals surface area contributed by atoms with Gasteiger partial charge >= 0.3 is 0 Å². The Balaban J connectivity index is 1.99. The van der Waals surface area contributed by atoms with Crippen molar-refractivity contribution in [2.24, 2.45) is 0 Å². The first-order valence-electron chi connectivity index (χ1n) is 5.54. The average molecular weight is 238 g/mol. The number of rotatable bonds is 3. The lowest BCUT2D eigenvalue weighted by atomic mass is 10.1.